The van der Waals surface area contributed by atoms with Gasteiger partial charge < -0.3 is 0 Å². The fraction of sp³-hybridized carbons (Fsp3) is 0.875. The third kappa shape index (κ3) is 2.88. The van der Waals surface area contributed by atoms with E-state index in [-0.39, 0.29) is 0 Å². The molecule has 64 valence electrons. The van der Waals surface area contributed by atoms with Crippen LogP contribution in [0.1, 0.15) is 26.7 Å². The van der Waals surface area contributed by atoms with Crippen LogP contribution < -0.4 is 0 Å². The lowest BCUT2D eigenvalue weighted by Crippen LogP contribution is -2.26. The van der Waals surface area contributed by atoms with Crippen molar-refractivity contribution in [3.05, 3.63) is 0 Å². The van der Waals surface area contributed by atoms with Crippen LogP contribution in [-0.2, 0) is 4.79 Å². The number of carbonyl (C=O) groups is 1. The average Bonchev–Trinajstić information content (AvgIpc) is 1.90. The molecule has 1 atom stereocenters. The zero-order valence-corrected chi connectivity index (χ0v) is 8.42. The maximum atomic E-state index is 11.1. The lowest BCUT2D eigenvalue weighted by molar-refractivity contribution is -0.118. The van der Waals surface area contributed by atoms with E-state index in [0.717, 1.165) is 19.4 Å². The largest absolute Gasteiger partial charge is 0.298 e. The lowest BCUT2D eigenvalue weighted by atomic mass is 9.88. The Labute approximate surface area is 70.6 Å². The second-order valence-electron chi connectivity index (χ2n) is 4.11. The van der Waals surface area contributed by atoms with Crippen molar-refractivity contribution in [2.24, 2.45) is 5.41 Å². The molecule has 0 bridgehead atoms. The average molecular weight is 173 g/mol. The van der Waals surface area contributed by atoms with E-state index < -0.39 is 0 Å². The Morgan fingerprint density at radius 1 is 1.55 bits per heavy atom. The number of carbonyl (C=O) groups excluding carboxylic acids is 1. The van der Waals surface area contributed by atoms with Crippen molar-refractivity contribution < 1.29 is 4.79 Å². The summed E-state index contributed by atoms with van der Waals surface area (Å²) in [4.78, 5) is 11.1. The Hall–Kier alpha value is 0.0600. The summed E-state index contributed by atoms with van der Waals surface area (Å²) in [7, 11) is 2.62. The van der Waals surface area contributed by atoms with Crippen LogP contribution in [0.25, 0.3) is 0 Å². The topological polar surface area (TPSA) is 20.3 Å². The molecule has 1 unspecified atom stereocenters. The van der Waals surface area contributed by atoms with E-state index in [4.69, 9.17) is 0 Å². The first-order chi connectivity index (χ1) is 4.99. The second kappa shape index (κ2) is 3.20. The monoisotopic (exact) mass is 173 g/mol. The summed E-state index contributed by atoms with van der Waals surface area (Å²) in [6.07, 6.45) is 1.77. The minimum absolute atomic E-state index is 0.300. The van der Waals surface area contributed by atoms with E-state index in [1.165, 1.54) is 0 Å². The highest BCUT2D eigenvalue weighted by Gasteiger charge is 2.25. The van der Waals surface area contributed by atoms with E-state index in [1.807, 2.05) is 4.67 Å². The molecule has 0 amide bonds. The van der Waals surface area contributed by atoms with Gasteiger partial charge in [-0.25, -0.2) is 0 Å². The number of hydrogen-bond donors (Lipinski definition) is 0. The normalized spacial score (nSPS) is 26.6. The van der Waals surface area contributed by atoms with Crippen molar-refractivity contribution in [3.8, 4) is 0 Å². The summed E-state index contributed by atoms with van der Waals surface area (Å²) in [6, 6.07) is 0. The molecule has 3 heteroatoms. The van der Waals surface area contributed by atoms with Gasteiger partial charge in [-0.05, 0) is 11.8 Å². The minimum Gasteiger partial charge on any atom is -0.298 e. The van der Waals surface area contributed by atoms with Crippen LogP contribution in [0.3, 0.4) is 0 Å². The number of rotatable bonds is 0. The zero-order valence-electron chi connectivity index (χ0n) is 7.26. The van der Waals surface area contributed by atoms with Crippen molar-refractivity contribution >= 4 is 15.2 Å². The second-order valence-corrected chi connectivity index (χ2v) is 4.84. The summed E-state index contributed by atoms with van der Waals surface area (Å²) in [5.74, 6) is 0.366. The van der Waals surface area contributed by atoms with Crippen LogP contribution >= 0.6 is 9.39 Å². The molecule has 1 rings (SSSR count). The van der Waals surface area contributed by atoms with E-state index in [0.29, 0.717) is 17.7 Å². The van der Waals surface area contributed by atoms with Gasteiger partial charge in [-0.1, -0.05) is 23.2 Å². The van der Waals surface area contributed by atoms with E-state index in [9.17, 15) is 4.79 Å². The van der Waals surface area contributed by atoms with Gasteiger partial charge in [0.05, 0.1) is 6.54 Å². The molecule has 1 fully saturated rings. The number of hydrogen-bond acceptors (Lipinski definition) is 2. The van der Waals surface area contributed by atoms with Crippen molar-refractivity contribution in [3.63, 3.8) is 0 Å². The van der Waals surface area contributed by atoms with Gasteiger partial charge in [0.2, 0.25) is 0 Å². The summed E-state index contributed by atoms with van der Waals surface area (Å²) < 4.78 is 2.04. The summed E-state index contributed by atoms with van der Waals surface area (Å²) in [6.45, 7) is 6.03. The van der Waals surface area contributed by atoms with Crippen molar-refractivity contribution in [2.75, 3.05) is 13.1 Å². The molecule has 0 saturated carbocycles. The Morgan fingerprint density at radius 2 is 2.18 bits per heavy atom. The van der Waals surface area contributed by atoms with Crippen LogP contribution in [0.4, 0.5) is 0 Å². The van der Waals surface area contributed by atoms with Crippen LogP contribution in [0.15, 0.2) is 0 Å². The van der Waals surface area contributed by atoms with Gasteiger partial charge >= 0.3 is 0 Å². The molecule has 0 aromatic rings. The minimum atomic E-state index is 0.300. The molecule has 1 aliphatic heterocycles. The molecular weight excluding hydrogens is 157 g/mol. The predicted octanol–water partition coefficient (Wildman–Crippen LogP) is 1.47. The number of nitrogens with zero attached hydrogens (tertiary/aromatic N) is 1. The van der Waals surface area contributed by atoms with E-state index >= 15 is 0 Å². The Kier molecular flexibility index (Phi) is 2.66. The molecular formula is C8H16NOP. The van der Waals surface area contributed by atoms with Gasteiger partial charge in [0, 0.05) is 13.0 Å². The van der Waals surface area contributed by atoms with Crippen LogP contribution in [-0.4, -0.2) is 23.5 Å². The summed E-state index contributed by atoms with van der Waals surface area (Å²) in [5, 5.41) is 0. The van der Waals surface area contributed by atoms with Crippen molar-refractivity contribution in [1.29, 1.82) is 0 Å². The van der Waals surface area contributed by atoms with Gasteiger partial charge in [-0.15, -0.1) is 0 Å². The molecule has 1 aliphatic rings. The molecule has 0 N–H and O–H groups in total. The third-order valence-corrected chi connectivity index (χ3v) is 2.46. The first-order valence-corrected chi connectivity index (χ1v) is 4.53. The van der Waals surface area contributed by atoms with Crippen molar-refractivity contribution in [1.82, 2.24) is 4.67 Å². The maximum Gasteiger partial charge on any atom is 0.147 e. The number of Topliss-reactive ketones (excluding diaryl/α,β-unsaturated/α-hetero) is 1. The highest BCUT2D eigenvalue weighted by atomic mass is 31.0. The zero-order chi connectivity index (χ0) is 8.48. The van der Waals surface area contributed by atoms with Gasteiger partial charge in [-0.3, -0.25) is 9.46 Å². The van der Waals surface area contributed by atoms with E-state index in [1.54, 1.807) is 0 Å². The SMILES string of the molecule is CC1(C)CCC(=O)CN(P)C1. The lowest BCUT2D eigenvalue weighted by Gasteiger charge is -2.25. The van der Waals surface area contributed by atoms with Gasteiger partial charge in [-0.2, -0.15) is 0 Å². The molecule has 11 heavy (non-hydrogen) atoms. The Bertz CT molecular complexity index is 167. The van der Waals surface area contributed by atoms with Crippen LogP contribution in [0, 0.1) is 5.41 Å². The smallest absolute Gasteiger partial charge is 0.147 e. The van der Waals surface area contributed by atoms with Crippen LogP contribution in [0.2, 0.25) is 0 Å². The van der Waals surface area contributed by atoms with Crippen molar-refractivity contribution in [2.45, 2.75) is 26.7 Å². The highest BCUT2D eigenvalue weighted by molar-refractivity contribution is 7.13. The standard InChI is InChI=1S/C8H16NOP/c1-8(2)4-3-7(10)5-9(11)6-8/h3-6,11H2,1-2H3. The molecule has 0 spiro atoms. The summed E-state index contributed by atoms with van der Waals surface area (Å²) in [5.41, 5.74) is 0.300. The van der Waals surface area contributed by atoms with Gasteiger partial charge in [0.25, 0.3) is 0 Å². The first kappa shape index (κ1) is 9.15. The molecule has 2 nitrogen and oxygen atoms in total. The third-order valence-electron chi connectivity index (χ3n) is 2.09. The molecule has 0 aromatic carbocycles. The molecule has 0 radical (unpaired) electrons. The Morgan fingerprint density at radius 3 is 2.82 bits per heavy atom. The van der Waals surface area contributed by atoms with Crippen LogP contribution in [0.5, 0.6) is 0 Å². The first-order valence-electron chi connectivity index (χ1n) is 4.01. The van der Waals surface area contributed by atoms with Gasteiger partial charge in [0.1, 0.15) is 5.78 Å². The quantitative estimate of drug-likeness (QED) is 0.517. The molecule has 1 heterocycles. The Balaban J connectivity index is 2.60. The molecule has 0 aromatic heterocycles. The van der Waals surface area contributed by atoms with E-state index in [2.05, 4.69) is 23.2 Å². The summed E-state index contributed by atoms with van der Waals surface area (Å²) >= 11 is 0. The predicted molar refractivity (Wildman–Crippen MR) is 49.3 cm³/mol. The fourth-order valence-corrected chi connectivity index (χ4v) is 2.17. The molecule has 1 saturated heterocycles. The maximum absolute atomic E-state index is 11.1. The highest BCUT2D eigenvalue weighted by Crippen LogP contribution is 2.27. The number of ketones is 1. The fourth-order valence-electron chi connectivity index (χ4n) is 1.47. The van der Waals surface area contributed by atoms with Gasteiger partial charge in [0.15, 0.2) is 0 Å². The molecule has 0 aliphatic carbocycles.